The van der Waals surface area contributed by atoms with Gasteiger partial charge in [0.1, 0.15) is 0 Å². The maximum Gasteiger partial charge on any atom is 0.321 e. The molecule has 0 amide bonds. The van der Waals surface area contributed by atoms with Crippen LogP contribution in [-0.2, 0) is 19.1 Å². The monoisotopic (exact) mass is 307 g/mol. The Morgan fingerprint density at radius 3 is 1.91 bits per heavy atom. The van der Waals surface area contributed by atoms with Gasteiger partial charge in [-0.1, -0.05) is 37.3 Å². The standard InChI is InChI=1S/C17H25NO4/c1-4-13(18)14(12-10-8-7-9-11-12)15(16(19)21-5-2)17(20)22-6-3/h7-11,13-15H,4-6,18H2,1-3H3/t13?,14-/m0/s1. The van der Waals surface area contributed by atoms with Gasteiger partial charge in [-0.25, -0.2) is 0 Å². The van der Waals surface area contributed by atoms with E-state index in [1.165, 1.54) is 0 Å². The molecule has 0 saturated carbocycles. The van der Waals surface area contributed by atoms with E-state index >= 15 is 0 Å². The lowest BCUT2D eigenvalue weighted by atomic mass is 9.79. The van der Waals surface area contributed by atoms with Crippen LogP contribution >= 0.6 is 0 Å². The van der Waals surface area contributed by atoms with Crippen molar-refractivity contribution in [2.75, 3.05) is 13.2 Å². The number of hydrogen-bond donors (Lipinski definition) is 1. The molecular weight excluding hydrogens is 282 g/mol. The van der Waals surface area contributed by atoms with Crippen LogP contribution in [0.25, 0.3) is 0 Å². The summed E-state index contributed by atoms with van der Waals surface area (Å²) in [5.41, 5.74) is 7.04. The van der Waals surface area contributed by atoms with Gasteiger partial charge in [0.25, 0.3) is 0 Å². The first-order chi connectivity index (χ1) is 10.6. The highest BCUT2D eigenvalue weighted by Gasteiger charge is 2.40. The van der Waals surface area contributed by atoms with E-state index in [1.807, 2.05) is 37.3 Å². The van der Waals surface area contributed by atoms with Crippen LogP contribution in [0.4, 0.5) is 0 Å². The van der Waals surface area contributed by atoms with Gasteiger partial charge in [-0.2, -0.15) is 0 Å². The van der Waals surface area contributed by atoms with Crippen LogP contribution < -0.4 is 5.73 Å². The number of benzene rings is 1. The molecule has 0 aliphatic carbocycles. The summed E-state index contributed by atoms with van der Waals surface area (Å²) >= 11 is 0. The summed E-state index contributed by atoms with van der Waals surface area (Å²) in [7, 11) is 0. The molecule has 5 nitrogen and oxygen atoms in total. The Balaban J connectivity index is 3.23. The minimum Gasteiger partial charge on any atom is -0.465 e. The number of ether oxygens (including phenoxy) is 2. The summed E-state index contributed by atoms with van der Waals surface area (Å²) < 4.78 is 10.1. The number of nitrogens with two attached hydrogens (primary N) is 1. The van der Waals surface area contributed by atoms with Crippen molar-refractivity contribution >= 4 is 11.9 Å². The fourth-order valence-electron chi connectivity index (χ4n) is 2.47. The lowest BCUT2D eigenvalue weighted by Gasteiger charge is -2.29. The number of esters is 2. The molecular formula is C17H25NO4. The number of carbonyl (C=O) groups is 2. The van der Waals surface area contributed by atoms with Crippen molar-refractivity contribution in [3.05, 3.63) is 35.9 Å². The predicted octanol–water partition coefficient (Wildman–Crippen LogP) is 2.25. The van der Waals surface area contributed by atoms with E-state index in [9.17, 15) is 9.59 Å². The van der Waals surface area contributed by atoms with Crippen molar-refractivity contribution in [2.24, 2.45) is 11.7 Å². The summed E-state index contributed by atoms with van der Waals surface area (Å²) in [4.78, 5) is 24.6. The molecule has 0 heterocycles. The Kier molecular flexibility index (Phi) is 7.60. The lowest BCUT2D eigenvalue weighted by molar-refractivity contribution is -0.163. The molecule has 0 radical (unpaired) electrons. The SMILES string of the molecule is CCOC(=O)C(C(=O)OCC)[C@@H](c1ccccc1)C(N)CC. The number of hydrogen-bond acceptors (Lipinski definition) is 5. The fourth-order valence-corrected chi connectivity index (χ4v) is 2.47. The smallest absolute Gasteiger partial charge is 0.321 e. The molecule has 0 fully saturated rings. The van der Waals surface area contributed by atoms with Gasteiger partial charge in [0.05, 0.1) is 13.2 Å². The molecule has 1 rings (SSSR count). The Hall–Kier alpha value is -1.88. The maximum atomic E-state index is 12.3. The van der Waals surface area contributed by atoms with Crippen LogP contribution in [-0.4, -0.2) is 31.2 Å². The topological polar surface area (TPSA) is 78.6 Å². The molecule has 0 aliphatic heterocycles. The van der Waals surface area contributed by atoms with Crippen LogP contribution in [0.1, 0.15) is 38.7 Å². The molecule has 2 atom stereocenters. The van der Waals surface area contributed by atoms with Gasteiger partial charge in [-0.15, -0.1) is 0 Å². The zero-order chi connectivity index (χ0) is 16.5. The molecule has 0 saturated heterocycles. The predicted molar refractivity (Wildman–Crippen MR) is 84.2 cm³/mol. The fraction of sp³-hybridized carbons (Fsp3) is 0.529. The first-order valence-corrected chi connectivity index (χ1v) is 7.70. The van der Waals surface area contributed by atoms with E-state index in [2.05, 4.69) is 0 Å². The molecule has 0 aromatic heterocycles. The highest BCUT2D eigenvalue weighted by Crippen LogP contribution is 2.31. The van der Waals surface area contributed by atoms with E-state index in [0.717, 1.165) is 5.56 Å². The molecule has 5 heteroatoms. The second kappa shape index (κ2) is 9.20. The van der Waals surface area contributed by atoms with Gasteiger partial charge < -0.3 is 15.2 Å². The molecule has 1 aromatic carbocycles. The third-order valence-electron chi connectivity index (χ3n) is 3.56. The van der Waals surface area contributed by atoms with Gasteiger partial charge in [0, 0.05) is 12.0 Å². The molecule has 1 unspecified atom stereocenters. The number of carbonyl (C=O) groups excluding carboxylic acids is 2. The molecule has 0 bridgehead atoms. The van der Waals surface area contributed by atoms with Gasteiger partial charge in [0.15, 0.2) is 5.92 Å². The average molecular weight is 307 g/mol. The summed E-state index contributed by atoms with van der Waals surface area (Å²) in [6, 6.07) is 8.98. The highest BCUT2D eigenvalue weighted by atomic mass is 16.6. The Morgan fingerprint density at radius 1 is 1.00 bits per heavy atom. The van der Waals surface area contributed by atoms with Crippen LogP contribution in [0.5, 0.6) is 0 Å². The third-order valence-corrected chi connectivity index (χ3v) is 3.56. The minimum absolute atomic E-state index is 0.206. The summed E-state index contributed by atoms with van der Waals surface area (Å²) in [5.74, 6) is -2.68. The van der Waals surface area contributed by atoms with Crippen LogP contribution in [0, 0.1) is 5.92 Å². The van der Waals surface area contributed by atoms with Crippen LogP contribution in [0.3, 0.4) is 0 Å². The van der Waals surface area contributed by atoms with E-state index < -0.39 is 23.8 Å². The molecule has 0 spiro atoms. The molecule has 122 valence electrons. The maximum absolute atomic E-state index is 12.3. The third kappa shape index (κ3) is 4.56. The summed E-state index contributed by atoms with van der Waals surface area (Å²) in [5, 5.41) is 0. The lowest BCUT2D eigenvalue weighted by Crippen LogP contribution is -2.41. The second-order valence-electron chi connectivity index (χ2n) is 4.99. The zero-order valence-corrected chi connectivity index (χ0v) is 13.5. The van der Waals surface area contributed by atoms with Gasteiger partial charge in [0.2, 0.25) is 0 Å². The Labute approximate surface area is 131 Å². The van der Waals surface area contributed by atoms with Crippen molar-refractivity contribution in [1.82, 2.24) is 0 Å². The van der Waals surface area contributed by atoms with Crippen molar-refractivity contribution in [3.63, 3.8) is 0 Å². The number of rotatable bonds is 8. The first kappa shape index (κ1) is 18.2. The zero-order valence-electron chi connectivity index (χ0n) is 13.5. The van der Waals surface area contributed by atoms with Crippen molar-refractivity contribution < 1.29 is 19.1 Å². The Bertz CT molecular complexity index is 457. The Morgan fingerprint density at radius 2 is 1.50 bits per heavy atom. The van der Waals surface area contributed by atoms with Gasteiger partial charge in [-0.05, 0) is 25.8 Å². The van der Waals surface area contributed by atoms with E-state index in [0.29, 0.717) is 6.42 Å². The molecule has 0 aliphatic rings. The minimum atomic E-state index is -1.04. The normalized spacial score (nSPS) is 13.5. The molecule has 2 N–H and O–H groups in total. The molecule has 22 heavy (non-hydrogen) atoms. The largest absolute Gasteiger partial charge is 0.465 e. The van der Waals surface area contributed by atoms with Gasteiger partial charge in [-0.3, -0.25) is 9.59 Å². The van der Waals surface area contributed by atoms with E-state index in [1.54, 1.807) is 13.8 Å². The molecule has 1 aromatic rings. The van der Waals surface area contributed by atoms with Crippen LogP contribution in [0.2, 0.25) is 0 Å². The van der Waals surface area contributed by atoms with Gasteiger partial charge >= 0.3 is 11.9 Å². The average Bonchev–Trinajstić information content (AvgIpc) is 2.52. The quantitative estimate of drug-likeness (QED) is 0.588. The van der Waals surface area contributed by atoms with Crippen molar-refractivity contribution in [1.29, 1.82) is 0 Å². The van der Waals surface area contributed by atoms with E-state index in [4.69, 9.17) is 15.2 Å². The first-order valence-electron chi connectivity index (χ1n) is 7.70. The van der Waals surface area contributed by atoms with E-state index in [-0.39, 0.29) is 19.3 Å². The highest BCUT2D eigenvalue weighted by molar-refractivity contribution is 5.96. The van der Waals surface area contributed by atoms with Crippen molar-refractivity contribution in [2.45, 2.75) is 39.2 Å². The summed E-state index contributed by atoms with van der Waals surface area (Å²) in [6.07, 6.45) is 0.634. The summed E-state index contributed by atoms with van der Waals surface area (Å²) in [6.45, 7) is 5.75. The van der Waals surface area contributed by atoms with Crippen LogP contribution in [0.15, 0.2) is 30.3 Å². The van der Waals surface area contributed by atoms with Crippen molar-refractivity contribution in [3.8, 4) is 0 Å². The second-order valence-corrected chi connectivity index (χ2v) is 4.99.